The van der Waals surface area contributed by atoms with Gasteiger partial charge in [-0.15, -0.1) is 5.10 Å². The van der Waals surface area contributed by atoms with Gasteiger partial charge in [0.1, 0.15) is 0 Å². The minimum atomic E-state index is -0.525. The number of rotatable bonds is 6. The van der Waals surface area contributed by atoms with E-state index < -0.39 is 5.92 Å². The van der Waals surface area contributed by atoms with Crippen molar-refractivity contribution in [2.45, 2.75) is 5.92 Å². The van der Waals surface area contributed by atoms with E-state index in [-0.39, 0.29) is 17.8 Å². The lowest BCUT2D eigenvalue weighted by molar-refractivity contribution is -0.116. The summed E-state index contributed by atoms with van der Waals surface area (Å²) in [6.45, 7) is 0. The highest BCUT2D eigenvalue weighted by molar-refractivity contribution is 5.96. The van der Waals surface area contributed by atoms with Crippen LogP contribution in [0.15, 0.2) is 93.8 Å². The lowest BCUT2D eigenvalue weighted by Crippen LogP contribution is -2.22. The van der Waals surface area contributed by atoms with E-state index in [1.54, 1.807) is 13.2 Å². The lowest BCUT2D eigenvalue weighted by atomic mass is 9.90. The van der Waals surface area contributed by atoms with Gasteiger partial charge in [-0.2, -0.15) is 0 Å². The fourth-order valence-corrected chi connectivity index (χ4v) is 3.64. The number of anilines is 1. The highest BCUT2D eigenvalue weighted by atomic mass is 16.5. The van der Waals surface area contributed by atoms with Gasteiger partial charge < -0.3 is 13.6 Å². The first-order chi connectivity index (χ1) is 15.7. The molecule has 0 saturated carbocycles. The molecule has 7 heteroatoms. The quantitative estimate of drug-likeness (QED) is 0.399. The minimum Gasteiger partial charge on any atom is -0.493 e. The third-order valence-electron chi connectivity index (χ3n) is 5.12. The summed E-state index contributed by atoms with van der Waals surface area (Å²) < 4.78 is 16.9. The number of carbonyl (C=O) groups excluding carboxylic acids is 1. The second-order valence-corrected chi connectivity index (χ2v) is 7.15. The molecule has 32 heavy (non-hydrogen) atoms. The van der Waals surface area contributed by atoms with E-state index in [0.717, 1.165) is 16.5 Å². The highest BCUT2D eigenvalue weighted by Gasteiger charge is 2.25. The van der Waals surface area contributed by atoms with Crippen LogP contribution >= 0.6 is 0 Å². The molecule has 1 N–H and O–H groups in total. The number of furan rings is 1. The first-order valence-corrected chi connectivity index (χ1v) is 10.0. The molecule has 0 radical (unpaired) electrons. The van der Waals surface area contributed by atoms with E-state index >= 15 is 0 Å². The highest BCUT2D eigenvalue weighted by Crippen LogP contribution is 2.33. The second kappa shape index (κ2) is 8.39. The van der Waals surface area contributed by atoms with Gasteiger partial charge in [-0.05, 0) is 23.3 Å². The maximum atomic E-state index is 13.2. The Morgan fingerprint density at radius 1 is 0.875 bits per heavy atom. The first-order valence-electron chi connectivity index (χ1n) is 10.0. The summed E-state index contributed by atoms with van der Waals surface area (Å²) in [6.07, 6.45) is 0. The Kier molecular flexibility index (Phi) is 5.13. The van der Waals surface area contributed by atoms with Crippen molar-refractivity contribution in [2.75, 3.05) is 12.4 Å². The number of nitrogens with one attached hydrogen (secondary N) is 1. The smallest absolute Gasteiger partial charge is 0.322 e. The molecule has 2 aromatic heterocycles. The molecule has 5 aromatic rings. The van der Waals surface area contributed by atoms with Gasteiger partial charge in [-0.25, -0.2) is 0 Å². The Hall–Kier alpha value is -4.39. The van der Waals surface area contributed by atoms with E-state index in [4.69, 9.17) is 13.6 Å². The maximum Gasteiger partial charge on any atom is 0.322 e. The number of amides is 1. The Morgan fingerprint density at radius 3 is 2.22 bits per heavy atom. The molecule has 0 atom stereocenters. The van der Waals surface area contributed by atoms with Gasteiger partial charge in [0, 0.05) is 5.39 Å². The number of fused-ring (bicyclic) bond motifs is 1. The van der Waals surface area contributed by atoms with Crippen LogP contribution in [0.1, 0.15) is 17.0 Å². The predicted octanol–water partition coefficient (Wildman–Crippen LogP) is 5.26. The predicted molar refractivity (Wildman–Crippen MR) is 119 cm³/mol. The van der Waals surface area contributed by atoms with Gasteiger partial charge in [-0.3, -0.25) is 10.1 Å². The Labute approximate surface area is 183 Å². The van der Waals surface area contributed by atoms with Crippen LogP contribution in [0.2, 0.25) is 0 Å². The van der Waals surface area contributed by atoms with E-state index in [2.05, 4.69) is 15.5 Å². The van der Waals surface area contributed by atoms with Crippen LogP contribution in [0.5, 0.6) is 5.75 Å². The fourth-order valence-electron chi connectivity index (χ4n) is 3.64. The molecule has 7 nitrogen and oxygen atoms in total. The Morgan fingerprint density at radius 2 is 1.56 bits per heavy atom. The largest absolute Gasteiger partial charge is 0.493 e. The van der Waals surface area contributed by atoms with E-state index in [9.17, 15) is 4.79 Å². The van der Waals surface area contributed by atoms with Gasteiger partial charge >= 0.3 is 6.01 Å². The molecule has 0 aliphatic heterocycles. The SMILES string of the molecule is COc1cccc2cc(-c3nnc(NC(=O)C(c4ccccc4)c4ccccc4)o3)oc12. The normalized spacial score (nSPS) is 11.1. The van der Waals surface area contributed by atoms with Gasteiger partial charge in [-0.1, -0.05) is 77.9 Å². The van der Waals surface area contributed by atoms with E-state index in [1.165, 1.54) is 0 Å². The van der Waals surface area contributed by atoms with Crippen LogP contribution in [0, 0.1) is 0 Å². The van der Waals surface area contributed by atoms with Crippen molar-refractivity contribution in [1.82, 2.24) is 10.2 Å². The van der Waals surface area contributed by atoms with Crippen LogP contribution in [0.3, 0.4) is 0 Å². The average molecular weight is 425 g/mol. The number of nitrogens with zero attached hydrogens (tertiary/aromatic N) is 2. The van der Waals surface area contributed by atoms with Crippen molar-refractivity contribution in [3.63, 3.8) is 0 Å². The van der Waals surface area contributed by atoms with E-state index in [1.807, 2.05) is 78.9 Å². The van der Waals surface area contributed by atoms with Crippen molar-refractivity contribution in [3.8, 4) is 17.4 Å². The van der Waals surface area contributed by atoms with Crippen LogP contribution < -0.4 is 10.1 Å². The zero-order valence-electron chi connectivity index (χ0n) is 17.2. The van der Waals surface area contributed by atoms with Gasteiger partial charge in [0.25, 0.3) is 5.89 Å². The van der Waals surface area contributed by atoms with Crippen LogP contribution in [0.4, 0.5) is 6.01 Å². The summed E-state index contributed by atoms with van der Waals surface area (Å²) in [7, 11) is 1.58. The summed E-state index contributed by atoms with van der Waals surface area (Å²) in [4.78, 5) is 13.2. The number of methoxy groups -OCH3 is 1. The lowest BCUT2D eigenvalue weighted by Gasteiger charge is -2.16. The molecular weight excluding hydrogens is 406 g/mol. The second-order valence-electron chi connectivity index (χ2n) is 7.15. The number of para-hydroxylation sites is 1. The van der Waals surface area contributed by atoms with Crippen molar-refractivity contribution >= 4 is 22.9 Å². The summed E-state index contributed by atoms with van der Waals surface area (Å²) >= 11 is 0. The summed E-state index contributed by atoms with van der Waals surface area (Å²) in [5, 5.41) is 11.6. The molecule has 3 aromatic carbocycles. The average Bonchev–Trinajstić information content (AvgIpc) is 3.47. The number of benzene rings is 3. The Bertz CT molecular complexity index is 1320. The van der Waals surface area contributed by atoms with Gasteiger partial charge in [0.05, 0.1) is 13.0 Å². The summed E-state index contributed by atoms with van der Waals surface area (Å²) in [6, 6.07) is 26.4. The molecule has 1 amide bonds. The molecule has 5 rings (SSSR count). The van der Waals surface area contributed by atoms with Gasteiger partial charge in [0.15, 0.2) is 17.1 Å². The monoisotopic (exact) mass is 425 g/mol. The molecule has 0 unspecified atom stereocenters. The first kappa shape index (κ1) is 19.6. The van der Waals surface area contributed by atoms with Crippen molar-refractivity contribution in [3.05, 3.63) is 96.1 Å². The maximum absolute atomic E-state index is 13.2. The molecule has 2 heterocycles. The van der Waals surface area contributed by atoms with Crippen molar-refractivity contribution < 1.29 is 18.4 Å². The molecule has 0 saturated heterocycles. The van der Waals surface area contributed by atoms with E-state index in [0.29, 0.717) is 17.1 Å². The minimum absolute atomic E-state index is 0.00529. The van der Waals surface area contributed by atoms with Gasteiger partial charge in [0.2, 0.25) is 5.91 Å². The third kappa shape index (κ3) is 3.72. The zero-order chi connectivity index (χ0) is 21.9. The number of aromatic nitrogens is 2. The molecule has 0 aliphatic carbocycles. The fraction of sp³-hybridized carbons (Fsp3) is 0.0800. The molecule has 0 bridgehead atoms. The number of hydrogen-bond acceptors (Lipinski definition) is 6. The standard InChI is InChI=1S/C25H19N3O4/c1-30-19-14-8-13-18-15-20(31-22(18)19)24-27-28-25(32-24)26-23(29)21(16-9-4-2-5-10-16)17-11-6-3-7-12-17/h2-15,21H,1H3,(H,26,28,29). The van der Waals surface area contributed by atoms with Crippen LogP contribution in [-0.2, 0) is 4.79 Å². The zero-order valence-corrected chi connectivity index (χ0v) is 17.2. The van der Waals surface area contributed by atoms with Crippen molar-refractivity contribution in [1.29, 1.82) is 0 Å². The number of carbonyl (C=O) groups is 1. The molecule has 0 aliphatic rings. The molecule has 0 spiro atoms. The van der Waals surface area contributed by atoms with Crippen LogP contribution in [-0.4, -0.2) is 23.2 Å². The molecule has 0 fully saturated rings. The summed E-state index contributed by atoms with van der Waals surface area (Å²) in [5.74, 6) is 0.358. The Balaban J connectivity index is 1.42. The number of hydrogen-bond donors (Lipinski definition) is 1. The third-order valence-corrected chi connectivity index (χ3v) is 5.12. The van der Waals surface area contributed by atoms with Crippen LogP contribution in [0.25, 0.3) is 22.6 Å². The van der Waals surface area contributed by atoms with Crippen molar-refractivity contribution in [2.24, 2.45) is 0 Å². The molecular formula is C25H19N3O4. The number of ether oxygens (including phenoxy) is 1. The topological polar surface area (TPSA) is 90.4 Å². The summed E-state index contributed by atoms with van der Waals surface area (Å²) in [5.41, 5.74) is 2.31. The molecule has 158 valence electrons.